The van der Waals surface area contributed by atoms with Gasteiger partial charge in [-0.3, -0.25) is 13.9 Å². The van der Waals surface area contributed by atoms with Crippen molar-refractivity contribution in [3.8, 4) is 22.7 Å². The van der Waals surface area contributed by atoms with Crippen molar-refractivity contribution in [3.05, 3.63) is 59.1 Å². The number of halogens is 2. The van der Waals surface area contributed by atoms with E-state index in [9.17, 15) is 18.3 Å². The number of benzene rings is 2. The van der Waals surface area contributed by atoms with Gasteiger partial charge in [0.2, 0.25) is 5.89 Å². The summed E-state index contributed by atoms with van der Waals surface area (Å²) >= 11 is 6.03. The molecule has 3 aromatic rings. The molecule has 2 atom stereocenters. The topological polar surface area (TPSA) is 96.0 Å². The quantitative estimate of drug-likeness (QED) is 0.338. The Hall–Kier alpha value is -2.59. The van der Waals surface area contributed by atoms with Crippen LogP contribution < -0.4 is 4.90 Å². The fourth-order valence-electron chi connectivity index (χ4n) is 5.27. The zero-order chi connectivity index (χ0) is 26.2. The maximum absolute atomic E-state index is 14.9. The number of anilines is 1. The number of ether oxygens (including phenoxy) is 1. The Kier molecular flexibility index (Phi) is 7.49. The first-order valence-electron chi connectivity index (χ1n) is 12.4. The number of hydrogen-bond acceptors (Lipinski definition) is 7. The molecule has 1 aliphatic heterocycles. The number of carbonyl (C=O) groups is 1. The maximum Gasteiger partial charge on any atom is 0.309 e. The third-order valence-corrected chi connectivity index (χ3v) is 9.29. The second-order valence-corrected chi connectivity index (χ2v) is 12.4. The van der Waals surface area contributed by atoms with E-state index < -0.39 is 16.4 Å². The molecule has 2 heterocycles. The van der Waals surface area contributed by atoms with E-state index in [1.165, 1.54) is 13.2 Å². The van der Waals surface area contributed by atoms with Crippen molar-refractivity contribution in [1.82, 2.24) is 4.98 Å². The highest BCUT2D eigenvalue weighted by Crippen LogP contribution is 2.45. The van der Waals surface area contributed by atoms with Crippen molar-refractivity contribution < 1.29 is 27.4 Å². The van der Waals surface area contributed by atoms with E-state index >= 15 is 0 Å². The Balaban J connectivity index is 1.54. The number of carbonyl (C=O) groups excluding carboxylic acids is 1. The average Bonchev–Trinajstić information content (AvgIpc) is 3.35. The number of methoxy groups -OCH3 is 1. The van der Waals surface area contributed by atoms with Gasteiger partial charge < -0.3 is 14.1 Å². The Morgan fingerprint density at radius 1 is 1.14 bits per heavy atom. The first-order valence-corrected chi connectivity index (χ1v) is 14.7. The van der Waals surface area contributed by atoms with Crippen molar-refractivity contribution >= 4 is 33.8 Å². The minimum Gasteiger partial charge on any atom is -0.469 e. The van der Waals surface area contributed by atoms with E-state index in [1.54, 1.807) is 12.1 Å². The van der Waals surface area contributed by atoms with E-state index in [0.29, 0.717) is 42.5 Å². The minimum atomic E-state index is -2.48. The lowest BCUT2D eigenvalue weighted by Gasteiger charge is -2.41. The number of nitrogens with zero attached hydrogens (tertiary/aromatic N) is 2. The fourth-order valence-corrected chi connectivity index (χ4v) is 6.67. The second-order valence-electron chi connectivity index (χ2n) is 9.60. The lowest BCUT2D eigenvalue weighted by atomic mass is 9.77. The van der Waals surface area contributed by atoms with Gasteiger partial charge in [0.15, 0.2) is 5.82 Å². The van der Waals surface area contributed by atoms with Crippen LogP contribution in [0.15, 0.2) is 46.9 Å². The first-order chi connectivity index (χ1) is 17.8. The monoisotopic (exact) mass is 548 g/mol. The summed E-state index contributed by atoms with van der Waals surface area (Å²) in [7, 11) is -1.09. The predicted octanol–water partition coefficient (Wildman–Crippen LogP) is 6.82. The molecule has 2 aromatic carbocycles. The molecule has 1 aromatic heterocycles. The van der Waals surface area contributed by atoms with Crippen LogP contribution >= 0.6 is 22.2 Å². The van der Waals surface area contributed by atoms with Crippen LogP contribution in [0.2, 0.25) is 5.02 Å². The number of aromatic nitrogens is 1. The van der Waals surface area contributed by atoms with Crippen molar-refractivity contribution in [3.63, 3.8) is 0 Å². The van der Waals surface area contributed by atoms with Crippen molar-refractivity contribution in [2.75, 3.05) is 36.6 Å². The molecule has 0 bridgehead atoms. The third-order valence-electron chi connectivity index (χ3n) is 7.32. The van der Waals surface area contributed by atoms with Gasteiger partial charge in [-0.2, -0.15) is 10.6 Å². The molecule has 7 nitrogen and oxygen atoms in total. The van der Waals surface area contributed by atoms with Gasteiger partial charge in [-0.15, -0.1) is 0 Å². The number of rotatable bonds is 5. The molecular weight excluding hydrogens is 519 g/mol. The summed E-state index contributed by atoms with van der Waals surface area (Å²) in [6, 6.07) is 12.5. The van der Waals surface area contributed by atoms with Crippen LogP contribution in [-0.4, -0.2) is 51.8 Å². The van der Waals surface area contributed by atoms with Gasteiger partial charge in [-0.1, -0.05) is 42.6 Å². The second kappa shape index (κ2) is 10.6. The van der Waals surface area contributed by atoms with Gasteiger partial charge in [-0.25, -0.2) is 9.37 Å². The Morgan fingerprint density at radius 2 is 1.84 bits per heavy atom. The molecule has 1 saturated heterocycles. The molecule has 37 heavy (non-hydrogen) atoms. The molecular formula is C27H30ClFN2O5S. The average molecular weight is 549 g/mol. The van der Waals surface area contributed by atoms with Gasteiger partial charge >= 0.3 is 5.97 Å². The first kappa shape index (κ1) is 26.0. The molecule has 0 spiro atoms. The van der Waals surface area contributed by atoms with Gasteiger partial charge in [-0.05, 0) is 37.1 Å². The van der Waals surface area contributed by atoms with E-state index in [2.05, 4.69) is 4.90 Å². The van der Waals surface area contributed by atoms with Crippen molar-refractivity contribution in [1.29, 1.82) is 0 Å². The lowest BCUT2D eigenvalue weighted by molar-refractivity contribution is -0.147. The van der Waals surface area contributed by atoms with Gasteiger partial charge in [0.05, 0.1) is 35.1 Å². The smallest absolute Gasteiger partial charge is 0.309 e. The molecule has 5 rings (SSSR count). The summed E-state index contributed by atoms with van der Waals surface area (Å²) < 4.78 is 46.1. The van der Waals surface area contributed by atoms with Crippen molar-refractivity contribution in [2.45, 2.75) is 31.6 Å². The van der Waals surface area contributed by atoms with Crippen LogP contribution in [0.4, 0.5) is 10.1 Å². The van der Waals surface area contributed by atoms with Crippen LogP contribution in [0.25, 0.3) is 22.7 Å². The largest absolute Gasteiger partial charge is 0.469 e. The predicted molar refractivity (Wildman–Crippen MR) is 144 cm³/mol. The third kappa shape index (κ3) is 5.36. The Morgan fingerprint density at radius 3 is 2.54 bits per heavy atom. The molecule has 2 unspecified atom stereocenters. The number of oxazole rings is 1. The highest BCUT2D eigenvalue weighted by atomic mass is 35.5. The molecule has 10 heteroatoms. The molecule has 2 aliphatic rings. The SMILES string of the molecule is COC(=O)C1CCCCC1c1oc(-c2cccc(Cl)c2F)nc1-c1ccc(N2CCS(O)(O)CC2)cc1. The Bertz CT molecular complexity index is 1270. The molecule has 2 N–H and O–H groups in total. The summed E-state index contributed by atoms with van der Waals surface area (Å²) in [5.74, 6) is -0.132. The van der Waals surface area contributed by atoms with E-state index in [-0.39, 0.29) is 34.3 Å². The van der Waals surface area contributed by atoms with Crippen LogP contribution in [0, 0.1) is 11.7 Å². The van der Waals surface area contributed by atoms with E-state index in [0.717, 1.165) is 30.5 Å². The molecule has 1 aliphatic carbocycles. The summed E-state index contributed by atoms with van der Waals surface area (Å²) in [4.78, 5) is 19.5. The minimum absolute atomic E-state index is 0.0218. The highest BCUT2D eigenvalue weighted by Gasteiger charge is 2.38. The summed E-state index contributed by atoms with van der Waals surface area (Å²) in [6.45, 7) is 1.13. The zero-order valence-electron chi connectivity index (χ0n) is 20.5. The number of esters is 1. The van der Waals surface area contributed by atoms with Gasteiger partial charge in [0.1, 0.15) is 11.5 Å². The maximum atomic E-state index is 14.9. The normalized spacial score (nSPS) is 22.5. The number of hydrogen-bond donors (Lipinski definition) is 2. The van der Waals surface area contributed by atoms with Crippen LogP contribution in [0.3, 0.4) is 0 Å². The molecule has 0 amide bonds. The highest BCUT2D eigenvalue weighted by molar-refractivity contribution is 8.24. The standard InChI is InChI=1S/C27H30ClFN2O5S/c1-35-27(32)20-6-3-2-5-19(20)25-24(30-26(36-25)21-7-4-8-22(28)23(21)29)17-9-11-18(12-10-17)31-13-15-37(33,34)16-14-31/h4,7-12,19-20,33-34H,2-3,5-6,13-16H2,1H3. The van der Waals surface area contributed by atoms with E-state index in [4.69, 9.17) is 25.7 Å². The van der Waals surface area contributed by atoms with E-state index in [1.807, 2.05) is 24.3 Å². The van der Waals surface area contributed by atoms with Crippen LogP contribution in [0.5, 0.6) is 0 Å². The molecule has 198 valence electrons. The zero-order valence-corrected chi connectivity index (χ0v) is 22.1. The lowest BCUT2D eigenvalue weighted by Crippen LogP contribution is -2.38. The summed E-state index contributed by atoms with van der Waals surface area (Å²) in [6.07, 6.45) is 3.28. The molecule has 0 radical (unpaired) electrons. The van der Waals surface area contributed by atoms with Gasteiger partial charge in [0, 0.05) is 30.3 Å². The van der Waals surface area contributed by atoms with Crippen molar-refractivity contribution in [2.24, 2.45) is 5.92 Å². The van der Waals surface area contributed by atoms with Crippen LogP contribution in [-0.2, 0) is 9.53 Å². The fraction of sp³-hybridized carbons (Fsp3) is 0.407. The molecule has 1 saturated carbocycles. The van der Waals surface area contributed by atoms with Gasteiger partial charge in [0.25, 0.3) is 0 Å². The summed E-state index contributed by atoms with van der Waals surface area (Å²) in [5.41, 5.74) is 2.48. The van der Waals surface area contributed by atoms with Crippen LogP contribution in [0.1, 0.15) is 37.4 Å². The summed E-state index contributed by atoms with van der Waals surface area (Å²) in [5, 5.41) is -0.0218. The Labute approximate surface area is 221 Å². The molecule has 2 fully saturated rings.